The number of carboxylic acid groups (broad SMARTS) is 1. The van der Waals surface area contributed by atoms with E-state index in [4.69, 9.17) is 9.84 Å². The minimum Gasteiger partial charge on any atom is -0.484 e. The molecule has 0 atom stereocenters. The fourth-order valence-corrected chi connectivity index (χ4v) is 1.93. The molecular formula is C14H14BrNO4. The van der Waals surface area contributed by atoms with Gasteiger partial charge in [-0.15, -0.1) is 0 Å². The molecule has 1 aromatic carbocycles. The largest absolute Gasteiger partial charge is 0.484 e. The summed E-state index contributed by atoms with van der Waals surface area (Å²) in [7, 11) is 0. The lowest BCUT2D eigenvalue weighted by Gasteiger charge is -2.08. The molecule has 0 heterocycles. The second-order valence-corrected chi connectivity index (χ2v) is 5.34. The van der Waals surface area contributed by atoms with Crippen LogP contribution in [0.3, 0.4) is 0 Å². The molecule has 2 rings (SSSR count). The summed E-state index contributed by atoms with van der Waals surface area (Å²) in [5.74, 6) is -0.644. The van der Waals surface area contributed by atoms with Crippen LogP contribution in [0.2, 0.25) is 0 Å². The summed E-state index contributed by atoms with van der Waals surface area (Å²) in [6, 6.07) is 5.45. The zero-order valence-electron chi connectivity index (χ0n) is 10.6. The molecule has 0 unspecified atom stereocenters. The summed E-state index contributed by atoms with van der Waals surface area (Å²) in [5, 5.41) is 11.4. The van der Waals surface area contributed by atoms with Crippen LogP contribution < -0.4 is 10.1 Å². The number of carbonyl (C=O) groups excluding carboxylic acids is 1. The van der Waals surface area contributed by atoms with Gasteiger partial charge in [0.25, 0.3) is 5.91 Å². The fraction of sp³-hybridized carbons (Fsp3) is 0.286. The maximum atomic E-state index is 11.5. The Kier molecular flexibility index (Phi) is 4.79. The van der Waals surface area contributed by atoms with Gasteiger partial charge in [-0.1, -0.05) is 15.9 Å². The molecule has 0 radical (unpaired) electrons. The number of aliphatic carboxylic acids is 1. The summed E-state index contributed by atoms with van der Waals surface area (Å²) in [6.07, 6.45) is 4.58. The van der Waals surface area contributed by atoms with Gasteiger partial charge in [-0.2, -0.15) is 0 Å². The first kappa shape index (κ1) is 14.6. The van der Waals surface area contributed by atoms with Gasteiger partial charge >= 0.3 is 5.97 Å². The van der Waals surface area contributed by atoms with Gasteiger partial charge in [-0.3, -0.25) is 4.79 Å². The van der Waals surface area contributed by atoms with E-state index >= 15 is 0 Å². The van der Waals surface area contributed by atoms with Crippen LogP contribution in [-0.4, -0.2) is 29.6 Å². The highest BCUT2D eigenvalue weighted by molar-refractivity contribution is 9.10. The van der Waals surface area contributed by atoms with Crippen LogP contribution in [0.1, 0.15) is 18.4 Å². The highest BCUT2D eigenvalue weighted by Gasteiger charge is 2.23. The summed E-state index contributed by atoms with van der Waals surface area (Å²) < 4.78 is 6.14. The molecule has 1 fully saturated rings. The maximum absolute atomic E-state index is 11.5. The van der Waals surface area contributed by atoms with E-state index in [1.807, 2.05) is 0 Å². The number of hydrogen-bond donors (Lipinski definition) is 2. The number of halogens is 1. The third-order valence-corrected chi connectivity index (χ3v) is 3.41. The number of nitrogens with one attached hydrogen (secondary N) is 1. The van der Waals surface area contributed by atoms with Crippen LogP contribution >= 0.6 is 15.9 Å². The van der Waals surface area contributed by atoms with Crippen LogP contribution in [0.25, 0.3) is 6.08 Å². The average Bonchev–Trinajstić information content (AvgIpc) is 3.20. The molecule has 1 saturated carbocycles. The second kappa shape index (κ2) is 6.56. The molecule has 0 spiro atoms. The van der Waals surface area contributed by atoms with Crippen molar-refractivity contribution in [2.75, 3.05) is 6.61 Å². The van der Waals surface area contributed by atoms with E-state index in [1.165, 1.54) is 6.08 Å². The highest BCUT2D eigenvalue weighted by Crippen LogP contribution is 2.24. The summed E-state index contributed by atoms with van der Waals surface area (Å²) in [4.78, 5) is 22.0. The standard InChI is InChI=1S/C14H14BrNO4/c15-12-5-4-11(7-9(12)1-6-14(18)19)20-8-13(17)16-10-2-3-10/h1,4-7,10H,2-3,8H2,(H,16,17)(H,18,19)/b6-1+. The summed E-state index contributed by atoms with van der Waals surface area (Å²) in [5.41, 5.74) is 0.674. The van der Waals surface area contributed by atoms with E-state index in [0.29, 0.717) is 17.4 Å². The molecule has 1 amide bonds. The minimum absolute atomic E-state index is 0.0415. The molecule has 1 aliphatic rings. The van der Waals surface area contributed by atoms with Crippen molar-refractivity contribution in [2.45, 2.75) is 18.9 Å². The smallest absolute Gasteiger partial charge is 0.328 e. The highest BCUT2D eigenvalue weighted by atomic mass is 79.9. The van der Waals surface area contributed by atoms with Crippen molar-refractivity contribution >= 4 is 33.9 Å². The second-order valence-electron chi connectivity index (χ2n) is 4.49. The molecular weight excluding hydrogens is 326 g/mol. The molecule has 6 heteroatoms. The van der Waals surface area contributed by atoms with Crippen LogP contribution in [0.5, 0.6) is 5.75 Å². The normalized spacial score (nSPS) is 14.2. The first-order chi connectivity index (χ1) is 9.54. The lowest BCUT2D eigenvalue weighted by atomic mass is 10.2. The molecule has 20 heavy (non-hydrogen) atoms. The Morgan fingerprint density at radius 2 is 2.20 bits per heavy atom. The van der Waals surface area contributed by atoms with E-state index < -0.39 is 5.97 Å². The van der Waals surface area contributed by atoms with E-state index in [0.717, 1.165) is 23.4 Å². The van der Waals surface area contributed by atoms with Gasteiger partial charge in [0.2, 0.25) is 0 Å². The predicted octanol–water partition coefficient (Wildman–Crippen LogP) is 2.20. The number of ether oxygens (including phenoxy) is 1. The van der Waals surface area contributed by atoms with Crippen LogP contribution in [0, 0.1) is 0 Å². The van der Waals surface area contributed by atoms with Crippen molar-refractivity contribution in [1.82, 2.24) is 5.32 Å². The van der Waals surface area contributed by atoms with Crippen molar-refractivity contribution in [1.29, 1.82) is 0 Å². The molecule has 106 valence electrons. The minimum atomic E-state index is -1.02. The number of hydrogen-bond acceptors (Lipinski definition) is 3. The number of carbonyl (C=O) groups is 2. The summed E-state index contributed by atoms with van der Waals surface area (Å²) in [6.45, 7) is -0.0415. The molecule has 5 nitrogen and oxygen atoms in total. The van der Waals surface area contributed by atoms with Crippen LogP contribution in [0.15, 0.2) is 28.7 Å². The van der Waals surface area contributed by atoms with Gasteiger partial charge in [0.1, 0.15) is 5.75 Å². The van der Waals surface area contributed by atoms with Gasteiger partial charge in [0.15, 0.2) is 6.61 Å². The number of benzene rings is 1. The first-order valence-corrected chi connectivity index (χ1v) is 6.96. The van der Waals surface area contributed by atoms with Gasteiger partial charge in [-0.25, -0.2) is 4.79 Å². The monoisotopic (exact) mass is 339 g/mol. The Balaban J connectivity index is 1.95. The first-order valence-electron chi connectivity index (χ1n) is 6.17. The lowest BCUT2D eigenvalue weighted by Crippen LogP contribution is -2.30. The molecule has 0 saturated heterocycles. The van der Waals surface area contributed by atoms with Gasteiger partial charge in [0, 0.05) is 16.6 Å². The number of rotatable bonds is 6. The van der Waals surface area contributed by atoms with E-state index in [9.17, 15) is 9.59 Å². The van der Waals surface area contributed by atoms with Crippen molar-refractivity contribution in [3.05, 3.63) is 34.3 Å². The third kappa shape index (κ3) is 4.70. The molecule has 1 aromatic rings. The summed E-state index contributed by atoms with van der Waals surface area (Å²) >= 11 is 3.32. The zero-order valence-corrected chi connectivity index (χ0v) is 12.2. The predicted molar refractivity (Wildman–Crippen MR) is 77.5 cm³/mol. The fourth-order valence-electron chi connectivity index (χ4n) is 1.55. The zero-order chi connectivity index (χ0) is 14.5. The van der Waals surface area contributed by atoms with E-state index in [-0.39, 0.29) is 12.5 Å². The third-order valence-electron chi connectivity index (χ3n) is 2.69. The average molecular weight is 340 g/mol. The van der Waals surface area contributed by atoms with Gasteiger partial charge in [-0.05, 0) is 42.7 Å². The molecule has 0 aromatic heterocycles. The van der Waals surface area contributed by atoms with Crippen LogP contribution in [-0.2, 0) is 9.59 Å². The lowest BCUT2D eigenvalue weighted by molar-refractivity contribution is -0.131. The van der Waals surface area contributed by atoms with E-state index in [1.54, 1.807) is 18.2 Å². The Bertz CT molecular complexity index is 552. The number of carboxylic acids is 1. The Labute approximate surface area is 124 Å². The number of amides is 1. The van der Waals surface area contributed by atoms with Crippen LogP contribution in [0.4, 0.5) is 0 Å². The Morgan fingerprint density at radius 3 is 2.85 bits per heavy atom. The maximum Gasteiger partial charge on any atom is 0.328 e. The van der Waals surface area contributed by atoms with Gasteiger partial charge < -0.3 is 15.2 Å². The quantitative estimate of drug-likeness (QED) is 0.779. The SMILES string of the molecule is O=C(O)/C=C/c1cc(OCC(=O)NC2CC2)ccc1Br. The Morgan fingerprint density at radius 1 is 1.45 bits per heavy atom. The molecule has 0 aliphatic heterocycles. The molecule has 1 aliphatic carbocycles. The van der Waals surface area contributed by atoms with Crippen molar-refractivity contribution in [3.63, 3.8) is 0 Å². The Hall–Kier alpha value is -1.82. The molecule has 2 N–H and O–H groups in total. The molecule has 0 bridgehead atoms. The van der Waals surface area contributed by atoms with Crippen molar-refractivity contribution in [3.8, 4) is 5.75 Å². The topological polar surface area (TPSA) is 75.6 Å². The van der Waals surface area contributed by atoms with Gasteiger partial charge in [0.05, 0.1) is 0 Å². The van der Waals surface area contributed by atoms with E-state index in [2.05, 4.69) is 21.2 Å². The van der Waals surface area contributed by atoms with Crippen molar-refractivity contribution < 1.29 is 19.4 Å². The van der Waals surface area contributed by atoms with Crippen molar-refractivity contribution in [2.24, 2.45) is 0 Å².